The molecule has 2 aromatic carbocycles. The molecule has 134 valence electrons. The number of hydrogen-bond donors (Lipinski definition) is 0. The largest absolute Gasteiger partial charge is 0.496 e. The molecule has 0 amide bonds. The van der Waals surface area contributed by atoms with E-state index in [9.17, 15) is 13.2 Å². The molecule has 1 aromatic heterocycles. The second kappa shape index (κ2) is 7.09. The number of methoxy groups -OCH3 is 1. The molecular formula is C19H16BrNO4S. The Kier molecular flexibility index (Phi) is 5.02. The van der Waals surface area contributed by atoms with E-state index in [0.717, 1.165) is 9.54 Å². The van der Waals surface area contributed by atoms with Gasteiger partial charge in [-0.3, -0.25) is 4.79 Å². The van der Waals surface area contributed by atoms with Crippen molar-refractivity contribution >= 4 is 31.7 Å². The molecule has 0 saturated heterocycles. The number of rotatable bonds is 5. The summed E-state index contributed by atoms with van der Waals surface area (Å²) in [5.74, 6) is -0.0695. The van der Waals surface area contributed by atoms with Crippen molar-refractivity contribution in [2.45, 2.75) is 11.8 Å². The lowest BCUT2D eigenvalue weighted by Gasteiger charge is -2.12. The van der Waals surface area contributed by atoms with Crippen LogP contribution in [0.3, 0.4) is 0 Å². The molecule has 0 aliphatic rings. The smallest absolute Gasteiger partial charge is 0.268 e. The maximum atomic E-state index is 13.1. The Morgan fingerprint density at radius 2 is 1.69 bits per heavy atom. The fourth-order valence-corrected chi connectivity index (χ4v) is 4.54. The lowest BCUT2D eigenvalue weighted by atomic mass is 10.1. The van der Waals surface area contributed by atoms with Gasteiger partial charge in [0.1, 0.15) is 11.4 Å². The quantitative estimate of drug-likeness (QED) is 0.569. The van der Waals surface area contributed by atoms with Crippen molar-refractivity contribution < 1.29 is 17.9 Å². The summed E-state index contributed by atoms with van der Waals surface area (Å²) in [5, 5.41) is 0. The van der Waals surface area contributed by atoms with E-state index >= 15 is 0 Å². The van der Waals surface area contributed by atoms with Crippen LogP contribution in [0.1, 0.15) is 21.6 Å². The van der Waals surface area contributed by atoms with Gasteiger partial charge >= 0.3 is 0 Å². The van der Waals surface area contributed by atoms with Gasteiger partial charge in [0.25, 0.3) is 10.0 Å². The summed E-state index contributed by atoms with van der Waals surface area (Å²) in [6, 6.07) is 14.7. The van der Waals surface area contributed by atoms with Crippen LogP contribution in [0.5, 0.6) is 5.75 Å². The van der Waals surface area contributed by atoms with Gasteiger partial charge in [-0.2, -0.15) is 0 Å². The van der Waals surface area contributed by atoms with Crippen LogP contribution in [-0.4, -0.2) is 25.3 Å². The number of nitrogens with zero attached hydrogens (tertiary/aromatic N) is 1. The number of carbonyl (C=O) groups excluding carboxylic acids is 1. The zero-order valence-electron chi connectivity index (χ0n) is 14.1. The minimum Gasteiger partial charge on any atom is -0.496 e. The predicted molar refractivity (Wildman–Crippen MR) is 102 cm³/mol. The second-order valence-corrected chi connectivity index (χ2v) is 8.32. The van der Waals surface area contributed by atoms with Gasteiger partial charge in [0.15, 0.2) is 0 Å². The third-order valence-electron chi connectivity index (χ3n) is 3.95. The lowest BCUT2D eigenvalue weighted by molar-refractivity contribution is 0.103. The fraction of sp³-hybridized carbons (Fsp3) is 0.105. The molecule has 0 radical (unpaired) electrons. The number of hydrogen-bond acceptors (Lipinski definition) is 4. The average molecular weight is 434 g/mol. The molecule has 5 nitrogen and oxygen atoms in total. The highest BCUT2D eigenvalue weighted by molar-refractivity contribution is 9.10. The third-order valence-corrected chi connectivity index (χ3v) is 6.28. The van der Waals surface area contributed by atoms with Crippen molar-refractivity contribution in [2.75, 3.05) is 7.11 Å². The maximum Gasteiger partial charge on any atom is 0.268 e. The van der Waals surface area contributed by atoms with Gasteiger partial charge in [0.05, 0.1) is 17.6 Å². The first kappa shape index (κ1) is 18.4. The van der Waals surface area contributed by atoms with E-state index in [0.29, 0.717) is 10.2 Å². The Hall–Kier alpha value is -2.38. The molecule has 3 aromatic rings. The van der Waals surface area contributed by atoms with Gasteiger partial charge in [0, 0.05) is 10.7 Å². The summed E-state index contributed by atoms with van der Waals surface area (Å²) in [4.78, 5) is 13.2. The first-order valence-corrected chi connectivity index (χ1v) is 9.96. The van der Waals surface area contributed by atoms with Crippen LogP contribution in [0.15, 0.2) is 70.2 Å². The maximum absolute atomic E-state index is 13.1. The Morgan fingerprint density at radius 1 is 1.04 bits per heavy atom. The van der Waals surface area contributed by atoms with Crippen molar-refractivity contribution in [1.29, 1.82) is 0 Å². The average Bonchev–Trinajstić information content (AvgIpc) is 3.03. The normalized spacial score (nSPS) is 11.3. The molecular weight excluding hydrogens is 418 g/mol. The minimum atomic E-state index is -3.91. The molecule has 1 heterocycles. The zero-order chi connectivity index (χ0) is 18.9. The Bertz CT molecular complexity index is 1070. The topological polar surface area (TPSA) is 65.4 Å². The summed E-state index contributed by atoms with van der Waals surface area (Å²) < 4.78 is 32.7. The Balaban J connectivity index is 2.15. The molecule has 0 bridgehead atoms. The lowest BCUT2D eigenvalue weighted by Crippen LogP contribution is -2.19. The van der Waals surface area contributed by atoms with Crippen LogP contribution in [-0.2, 0) is 10.0 Å². The highest BCUT2D eigenvalue weighted by atomic mass is 79.9. The van der Waals surface area contributed by atoms with Gasteiger partial charge in [-0.15, -0.1) is 0 Å². The molecule has 26 heavy (non-hydrogen) atoms. The number of ether oxygens (including phenoxy) is 1. The van der Waals surface area contributed by atoms with Crippen LogP contribution in [0.25, 0.3) is 0 Å². The standard InChI is InChI=1S/C19H16BrNO4S/c1-13-7-9-14(10-8-13)26(23,24)21-12-11-16(20)18(21)19(22)15-5-3-4-6-17(15)25-2/h3-12H,1-2H3. The minimum absolute atomic E-state index is 0.0232. The molecule has 0 saturated carbocycles. The van der Waals surface area contributed by atoms with E-state index in [2.05, 4.69) is 15.9 Å². The number of aromatic nitrogens is 1. The summed E-state index contributed by atoms with van der Waals surface area (Å²) in [6.45, 7) is 1.87. The number of halogens is 1. The molecule has 0 spiro atoms. The number of benzene rings is 2. The highest BCUT2D eigenvalue weighted by Gasteiger charge is 2.27. The monoisotopic (exact) mass is 433 g/mol. The van der Waals surface area contributed by atoms with Crippen LogP contribution in [0, 0.1) is 6.92 Å². The van der Waals surface area contributed by atoms with Crippen molar-refractivity contribution in [3.8, 4) is 5.75 Å². The number of aryl methyl sites for hydroxylation is 1. The van der Waals surface area contributed by atoms with Crippen LogP contribution >= 0.6 is 15.9 Å². The summed E-state index contributed by atoms with van der Waals surface area (Å²) in [5.41, 5.74) is 1.26. The van der Waals surface area contributed by atoms with Gasteiger partial charge in [-0.05, 0) is 53.2 Å². The van der Waals surface area contributed by atoms with Crippen molar-refractivity contribution in [3.63, 3.8) is 0 Å². The molecule has 0 fully saturated rings. The van der Waals surface area contributed by atoms with E-state index in [1.807, 2.05) is 6.92 Å². The van der Waals surface area contributed by atoms with Gasteiger partial charge in [0.2, 0.25) is 5.78 Å². The number of carbonyl (C=O) groups is 1. The predicted octanol–water partition coefficient (Wildman–Crippen LogP) is 4.04. The third kappa shape index (κ3) is 3.20. The molecule has 7 heteroatoms. The second-order valence-electron chi connectivity index (χ2n) is 5.66. The Labute approximate surface area is 160 Å². The van der Waals surface area contributed by atoms with Crippen molar-refractivity contribution in [1.82, 2.24) is 3.97 Å². The summed E-state index contributed by atoms with van der Waals surface area (Å²) in [7, 11) is -2.45. The molecule has 0 unspecified atom stereocenters. The van der Waals surface area contributed by atoms with Crippen LogP contribution in [0.4, 0.5) is 0 Å². The molecule has 0 atom stereocenters. The number of ketones is 1. The van der Waals surface area contributed by atoms with Gasteiger partial charge < -0.3 is 4.74 Å². The molecule has 3 rings (SSSR count). The summed E-state index contributed by atoms with van der Waals surface area (Å²) in [6.07, 6.45) is 1.36. The van der Waals surface area contributed by atoms with E-state index in [-0.39, 0.29) is 16.2 Å². The van der Waals surface area contributed by atoms with Gasteiger partial charge in [-0.25, -0.2) is 12.4 Å². The fourth-order valence-electron chi connectivity index (χ4n) is 2.58. The van der Waals surface area contributed by atoms with E-state index in [1.165, 1.54) is 31.5 Å². The van der Waals surface area contributed by atoms with Crippen LogP contribution < -0.4 is 4.74 Å². The summed E-state index contributed by atoms with van der Waals surface area (Å²) >= 11 is 3.29. The first-order chi connectivity index (χ1) is 12.4. The highest BCUT2D eigenvalue weighted by Crippen LogP contribution is 2.29. The van der Waals surface area contributed by atoms with E-state index in [4.69, 9.17) is 4.74 Å². The van der Waals surface area contributed by atoms with Crippen LogP contribution in [0.2, 0.25) is 0 Å². The zero-order valence-corrected chi connectivity index (χ0v) is 16.5. The SMILES string of the molecule is COc1ccccc1C(=O)c1c(Br)ccn1S(=O)(=O)c1ccc(C)cc1. The van der Waals surface area contributed by atoms with E-state index in [1.54, 1.807) is 36.4 Å². The van der Waals surface area contributed by atoms with E-state index < -0.39 is 15.8 Å². The molecule has 0 aliphatic carbocycles. The molecule has 0 N–H and O–H groups in total. The molecule has 0 aliphatic heterocycles. The van der Waals surface area contributed by atoms with Gasteiger partial charge in [-0.1, -0.05) is 29.8 Å². The number of para-hydroxylation sites is 1. The Morgan fingerprint density at radius 3 is 2.35 bits per heavy atom. The first-order valence-electron chi connectivity index (χ1n) is 7.73. The van der Waals surface area contributed by atoms with Crippen molar-refractivity contribution in [2.24, 2.45) is 0 Å². The van der Waals surface area contributed by atoms with Crippen molar-refractivity contribution in [3.05, 3.63) is 82.1 Å².